The highest BCUT2D eigenvalue weighted by atomic mass is 16.6. The van der Waals surface area contributed by atoms with Gasteiger partial charge in [0.05, 0.1) is 12.0 Å². The zero-order valence-corrected chi connectivity index (χ0v) is 20.8. The van der Waals surface area contributed by atoms with E-state index in [0.717, 1.165) is 0 Å². The number of nitrogens with zero attached hydrogens (tertiary/aromatic N) is 1. The number of non-ortho nitro benzene ring substituents is 1. The van der Waals surface area contributed by atoms with Crippen molar-refractivity contribution in [1.29, 1.82) is 0 Å². The lowest BCUT2D eigenvalue weighted by molar-refractivity contribution is -0.384. The van der Waals surface area contributed by atoms with E-state index in [-0.39, 0.29) is 25.2 Å². The van der Waals surface area contributed by atoms with Crippen LogP contribution < -0.4 is 10.6 Å². The number of esters is 3. The fraction of sp³-hybridized carbons (Fsp3) is 0.609. The second-order valence-electron chi connectivity index (χ2n) is 9.61. The van der Waals surface area contributed by atoms with Crippen molar-refractivity contribution in [2.24, 2.45) is 0 Å². The van der Waals surface area contributed by atoms with Crippen molar-refractivity contribution in [1.82, 2.24) is 10.6 Å². The number of hydrogen-bond acceptors (Lipinski definition) is 10. The fourth-order valence-electron chi connectivity index (χ4n) is 2.82. The quantitative estimate of drug-likeness (QED) is 0.120. The molecule has 0 unspecified atom stereocenters. The molecule has 0 saturated carbocycles. The third-order valence-electron chi connectivity index (χ3n) is 4.22. The topological polar surface area (TPSA) is 146 Å². The summed E-state index contributed by atoms with van der Waals surface area (Å²) in [4.78, 5) is 47.6. The maximum Gasteiger partial charge on any atom is 0.335 e. The van der Waals surface area contributed by atoms with Crippen molar-refractivity contribution in [3.63, 3.8) is 0 Å². The van der Waals surface area contributed by atoms with E-state index in [1.807, 2.05) is 0 Å². The highest BCUT2D eigenvalue weighted by molar-refractivity contribution is 5.99. The van der Waals surface area contributed by atoms with Gasteiger partial charge >= 0.3 is 17.9 Å². The van der Waals surface area contributed by atoms with E-state index in [9.17, 15) is 24.5 Å². The number of rotatable bonds is 11. The van der Waals surface area contributed by atoms with Crippen LogP contribution in [0.15, 0.2) is 24.3 Å². The average molecular weight is 482 g/mol. The molecule has 34 heavy (non-hydrogen) atoms. The Morgan fingerprint density at radius 3 is 1.76 bits per heavy atom. The lowest BCUT2D eigenvalue weighted by Crippen LogP contribution is -2.51. The Labute approximate surface area is 199 Å². The highest BCUT2D eigenvalue weighted by Gasteiger charge is 2.34. The van der Waals surface area contributed by atoms with Crippen molar-refractivity contribution in [3.8, 4) is 0 Å². The number of nitro groups is 1. The predicted octanol–water partition coefficient (Wildman–Crippen LogP) is 1.91. The number of ether oxygens (including phenoxy) is 3. The minimum atomic E-state index is -1.34. The summed E-state index contributed by atoms with van der Waals surface area (Å²) in [7, 11) is 1.26. The first-order valence-corrected chi connectivity index (χ1v) is 10.9. The smallest absolute Gasteiger partial charge is 0.335 e. The first-order valence-electron chi connectivity index (χ1n) is 10.9. The minimum absolute atomic E-state index is 0.0501. The molecule has 1 rings (SSSR count). The number of nitrogens with one attached hydrogen (secondary N) is 2. The van der Waals surface area contributed by atoms with Gasteiger partial charge in [0.1, 0.15) is 17.2 Å². The Balaban J connectivity index is 2.79. The number of hydrogen-bond donors (Lipinski definition) is 2. The second kappa shape index (κ2) is 12.4. The molecule has 0 aliphatic carbocycles. The van der Waals surface area contributed by atoms with Crippen LogP contribution in [-0.2, 0) is 35.0 Å². The number of methoxy groups -OCH3 is 1. The lowest BCUT2D eigenvalue weighted by atomic mass is 10.1. The van der Waals surface area contributed by atoms with E-state index in [2.05, 4.69) is 10.6 Å². The molecule has 0 aliphatic heterocycles. The molecule has 0 spiro atoms. The number of carbonyl (C=O) groups excluding carboxylic acids is 3. The minimum Gasteiger partial charge on any atom is -0.468 e. The molecule has 0 heterocycles. The van der Waals surface area contributed by atoms with E-state index in [0.29, 0.717) is 5.56 Å². The van der Waals surface area contributed by atoms with E-state index in [4.69, 9.17) is 14.2 Å². The number of carbonyl (C=O) groups is 3. The molecule has 11 nitrogen and oxygen atoms in total. The van der Waals surface area contributed by atoms with Crippen LogP contribution in [0.1, 0.15) is 47.1 Å². The van der Waals surface area contributed by atoms with Crippen molar-refractivity contribution >= 4 is 23.6 Å². The molecule has 1 atom stereocenters. The van der Waals surface area contributed by atoms with Gasteiger partial charge in [0.2, 0.25) is 6.04 Å². The normalized spacial score (nSPS) is 12.7. The van der Waals surface area contributed by atoms with E-state index >= 15 is 0 Å². The Kier molecular flexibility index (Phi) is 10.6. The van der Waals surface area contributed by atoms with Gasteiger partial charge in [-0.1, -0.05) is 12.1 Å². The summed E-state index contributed by atoms with van der Waals surface area (Å²) in [6, 6.07) is 3.76. The maximum atomic E-state index is 12.6. The second-order valence-corrected chi connectivity index (χ2v) is 9.61. The van der Waals surface area contributed by atoms with Crippen LogP contribution in [0.3, 0.4) is 0 Å². The molecule has 1 aromatic carbocycles. The molecule has 0 aromatic heterocycles. The fourth-order valence-corrected chi connectivity index (χ4v) is 2.82. The molecule has 2 N–H and O–H groups in total. The van der Waals surface area contributed by atoms with Gasteiger partial charge in [-0.3, -0.25) is 20.2 Å². The molecule has 0 aliphatic rings. The standard InChI is InChI=1S/C23H35N3O8/c1-22(2,3)33-20(28)18(21(29)34-23(4,5)6)25-13-12-24-17(19(27)32-7)14-15-8-10-16(11-9-15)26(30)31/h8-11,17-18,24-25H,12-14H2,1-7H3/t17-/m1/s1. The van der Waals surface area contributed by atoms with Crippen molar-refractivity contribution in [2.75, 3.05) is 20.2 Å². The molecule has 1 aromatic rings. The van der Waals surface area contributed by atoms with Crippen molar-refractivity contribution in [2.45, 2.75) is 71.2 Å². The monoisotopic (exact) mass is 481 g/mol. The Morgan fingerprint density at radius 2 is 1.35 bits per heavy atom. The Hall–Kier alpha value is -3.05. The molecule has 0 saturated heterocycles. The van der Waals surface area contributed by atoms with Gasteiger partial charge in [0.15, 0.2) is 0 Å². The summed E-state index contributed by atoms with van der Waals surface area (Å²) in [5, 5.41) is 16.6. The number of benzene rings is 1. The summed E-state index contributed by atoms with van der Waals surface area (Å²) in [6.07, 6.45) is 0.228. The lowest BCUT2D eigenvalue weighted by Gasteiger charge is -2.27. The summed E-state index contributed by atoms with van der Waals surface area (Å²) < 4.78 is 15.5. The van der Waals surface area contributed by atoms with Gasteiger partial charge in [0.25, 0.3) is 5.69 Å². The van der Waals surface area contributed by atoms with Gasteiger partial charge in [-0.15, -0.1) is 0 Å². The molecule has 11 heteroatoms. The molecule has 190 valence electrons. The molecule has 0 amide bonds. The van der Waals surface area contributed by atoms with Gasteiger partial charge in [-0.2, -0.15) is 0 Å². The maximum absolute atomic E-state index is 12.6. The predicted molar refractivity (Wildman–Crippen MR) is 124 cm³/mol. The van der Waals surface area contributed by atoms with Crippen molar-refractivity contribution < 1.29 is 33.5 Å². The van der Waals surface area contributed by atoms with Gasteiger partial charge in [0, 0.05) is 25.2 Å². The van der Waals surface area contributed by atoms with Gasteiger partial charge in [-0.25, -0.2) is 9.59 Å². The first kappa shape index (κ1) is 29.0. The van der Waals surface area contributed by atoms with Gasteiger partial charge in [-0.05, 0) is 53.5 Å². The molecular formula is C23H35N3O8. The van der Waals surface area contributed by atoms with Crippen LogP contribution in [0, 0.1) is 10.1 Å². The molecule has 0 bridgehead atoms. The van der Waals surface area contributed by atoms with Crippen LogP contribution in [0.4, 0.5) is 5.69 Å². The zero-order chi connectivity index (χ0) is 26.1. The van der Waals surface area contributed by atoms with Crippen molar-refractivity contribution in [3.05, 3.63) is 39.9 Å². The zero-order valence-electron chi connectivity index (χ0n) is 20.8. The summed E-state index contributed by atoms with van der Waals surface area (Å²) in [5.41, 5.74) is -0.941. The van der Waals surface area contributed by atoms with Crippen LogP contribution >= 0.6 is 0 Å². The number of nitro benzene ring substituents is 1. The third kappa shape index (κ3) is 10.7. The van der Waals surface area contributed by atoms with Gasteiger partial charge < -0.3 is 19.5 Å². The van der Waals surface area contributed by atoms with E-state index in [1.54, 1.807) is 53.7 Å². The average Bonchev–Trinajstić information content (AvgIpc) is 2.69. The molecular weight excluding hydrogens is 446 g/mol. The Morgan fingerprint density at radius 1 is 0.882 bits per heavy atom. The molecule has 0 fully saturated rings. The summed E-state index contributed by atoms with van der Waals surface area (Å²) in [5.74, 6) is -2.05. The van der Waals surface area contributed by atoms with Crippen LogP contribution in [-0.4, -0.2) is 66.3 Å². The summed E-state index contributed by atoms with van der Waals surface area (Å²) >= 11 is 0. The van der Waals surface area contributed by atoms with Crippen LogP contribution in [0.2, 0.25) is 0 Å². The van der Waals surface area contributed by atoms with E-state index in [1.165, 1.54) is 19.2 Å². The van der Waals surface area contributed by atoms with Crippen LogP contribution in [0.5, 0.6) is 0 Å². The summed E-state index contributed by atoms with van der Waals surface area (Å²) in [6.45, 7) is 10.5. The van der Waals surface area contributed by atoms with Crippen LogP contribution in [0.25, 0.3) is 0 Å². The Bertz CT molecular complexity index is 828. The highest BCUT2D eigenvalue weighted by Crippen LogP contribution is 2.14. The molecule has 0 radical (unpaired) electrons. The largest absolute Gasteiger partial charge is 0.468 e. The SMILES string of the molecule is COC(=O)[C@@H](Cc1ccc([N+](=O)[O-])cc1)NCCNC(C(=O)OC(C)(C)C)C(=O)OC(C)(C)C. The van der Waals surface area contributed by atoms with E-state index < -0.39 is 46.1 Å². The third-order valence-corrected chi connectivity index (χ3v) is 4.22. The first-order chi connectivity index (χ1) is 15.6.